The van der Waals surface area contributed by atoms with Gasteiger partial charge in [0, 0.05) is 0 Å². The number of anilines is 1. The first-order valence-electron chi connectivity index (χ1n) is 4.67. The van der Waals surface area contributed by atoms with E-state index in [9.17, 15) is 9.59 Å². The minimum atomic E-state index is -1.04. The normalized spacial score (nSPS) is 24.5. The molecule has 3 N–H and O–H groups in total. The molecule has 2 heterocycles. The van der Waals surface area contributed by atoms with E-state index in [4.69, 9.17) is 15.6 Å². The smallest absolute Gasteiger partial charge is 0.354 e. The van der Waals surface area contributed by atoms with Gasteiger partial charge in [-0.05, 0) is 12.8 Å². The van der Waals surface area contributed by atoms with E-state index in [1.165, 1.54) is 6.33 Å². The van der Waals surface area contributed by atoms with Crippen molar-refractivity contribution < 1.29 is 14.6 Å². The van der Waals surface area contributed by atoms with Crippen LogP contribution >= 0.6 is 0 Å². The number of aromatic nitrogens is 3. The second-order valence-corrected chi connectivity index (χ2v) is 3.40. The summed E-state index contributed by atoms with van der Waals surface area (Å²) >= 11 is 0. The molecule has 8 nitrogen and oxygen atoms in total. The van der Waals surface area contributed by atoms with E-state index in [1.54, 1.807) is 0 Å². The zero-order valence-corrected chi connectivity index (χ0v) is 8.24. The van der Waals surface area contributed by atoms with Crippen LogP contribution in [0.2, 0.25) is 0 Å². The summed E-state index contributed by atoms with van der Waals surface area (Å²) in [4.78, 5) is 29.2. The molecule has 1 aliphatic rings. The monoisotopic (exact) mass is 226 g/mol. The van der Waals surface area contributed by atoms with E-state index in [0.717, 1.165) is 4.57 Å². The van der Waals surface area contributed by atoms with E-state index in [1.807, 2.05) is 0 Å². The van der Waals surface area contributed by atoms with Crippen molar-refractivity contribution in [2.45, 2.75) is 25.2 Å². The lowest BCUT2D eigenvalue weighted by molar-refractivity contribution is -0.151. The van der Waals surface area contributed by atoms with Crippen LogP contribution in [0.4, 0.5) is 5.95 Å². The third-order valence-electron chi connectivity index (χ3n) is 2.33. The Morgan fingerprint density at radius 3 is 2.94 bits per heavy atom. The average Bonchev–Trinajstić information content (AvgIpc) is 2.66. The molecule has 2 atom stereocenters. The van der Waals surface area contributed by atoms with Crippen LogP contribution in [-0.4, -0.2) is 31.7 Å². The summed E-state index contributed by atoms with van der Waals surface area (Å²) in [6.07, 6.45) is 0.490. The van der Waals surface area contributed by atoms with Gasteiger partial charge in [-0.1, -0.05) is 0 Å². The van der Waals surface area contributed by atoms with Gasteiger partial charge in [-0.2, -0.15) is 4.98 Å². The SMILES string of the molecule is Nc1ncn([C@H]2CC[C@@H](C(=O)O)O2)c(=O)n1. The Kier molecular flexibility index (Phi) is 2.57. The zero-order chi connectivity index (χ0) is 11.7. The number of hydrogen-bond donors (Lipinski definition) is 2. The summed E-state index contributed by atoms with van der Waals surface area (Å²) in [5, 5.41) is 8.73. The molecule has 16 heavy (non-hydrogen) atoms. The summed E-state index contributed by atoms with van der Waals surface area (Å²) in [7, 11) is 0. The molecule has 1 fully saturated rings. The van der Waals surface area contributed by atoms with Crippen molar-refractivity contribution >= 4 is 11.9 Å². The maximum absolute atomic E-state index is 11.4. The number of nitrogens with zero attached hydrogens (tertiary/aromatic N) is 3. The predicted molar refractivity (Wildman–Crippen MR) is 51.5 cm³/mol. The fourth-order valence-corrected chi connectivity index (χ4v) is 1.56. The van der Waals surface area contributed by atoms with Crippen LogP contribution in [0.25, 0.3) is 0 Å². The molecule has 0 aromatic carbocycles. The van der Waals surface area contributed by atoms with Crippen molar-refractivity contribution in [3.8, 4) is 0 Å². The number of ether oxygens (including phenoxy) is 1. The number of carboxylic acids is 1. The predicted octanol–water partition coefficient (Wildman–Crippen LogP) is -1.02. The van der Waals surface area contributed by atoms with Crippen molar-refractivity contribution in [3.05, 3.63) is 16.8 Å². The highest BCUT2D eigenvalue weighted by molar-refractivity contribution is 5.72. The molecule has 86 valence electrons. The molecule has 1 aliphatic heterocycles. The molecule has 1 aromatic heterocycles. The molecular formula is C8H10N4O4. The first-order chi connectivity index (χ1) is 7.58. The van der Waals surface area contributed by atoms with Gasteiger partial charge in [-0.25, -0.2) is 14.6 Å². The largest absolute Gasteiger partial charge is 0.479 e. The number of carbonyl (C=O) groups is 1. The first-order valence-corrected chi connectivity index (χ1v) is 4.67. The lowest BCUT2D eigenvalue weighted by Gasteiger charge is -2.12. The Balaban J connectivity index is 2.21. The fourth-order valence-electron chi connectivity index (χ4n) is 1.56. The fraction of sp³-hybridized carbons (Fsp3) is 0.500. The van der Waals surface area contributed by atoms with E-state index in [0.29, 0.717) is 12.8 Å². The van der Waals surface area contributed by atoms with E-state index in [-0.39, 0.29) is 5.95 Å². The standard InChI is InChI=1S/C8H10N4O4/c9-7-10-3-12(8(15)11-7)5-2-1-4(16-5)6(13)14/h3-5H,1-2H2,(H,13,14)(H2,9,11,15)/t4-,5+/m0/s1. The van der Waals surface area contributed by atoms with Crippen molar-refractivity contribution in [2.24, 2.45) is 0 Å². The number of carboxylic acid groups (broad SMARTS) is 1. The van der Waals surface area contributed by atoms with Crippen LogP contribution < -0.4 is 11.4 Å². The number of rotatable bonds is 2. The topological polar surface area (TPSA) is 120 Å². The molecule has 0 unspecified atom stereocenters. The van der Waals surface area contributed by atoms with Gasteiger partial charge < -0.3 is 15.6 Å². The van der Waals surface area contributed by atoms with Crippen molar-refractivity contribution in [1.82, 2.24) is 14.5 Å². The Morgan fingerprint density at radius 2 is 2.38 bits per heavy atom. The second kappa shape index (κ2) is 3.89. The van der Waals surface area contributed by atoms with Crippen LogP contribution in [0, 0.1) is 0 Å². The number of hydrogen-bond acceptors (Lipinski definition) is 6. The second-order valence-electron chi connectivity index (χ2n) is 3.40. The Hall–Kier alpha value is -1.96. The average molecular weight is 226 g/mol. The summed E-state index contributed by atoms with van der Waals surface area (Å²) < 4.78 is 6.31. The molecule has 1 aromatic rings. The number of nitrogens with two attached hydrogens (primary N) is 1. The maximum Gasteiger partial charge on any atom is 0.354 e. The maximum atomic E-state index is 11.4. The first kappa shape index (κ1) is 10.6. The Labute approximate surface area is 89.7 Å². The highest BCUT2D eigenvalue weighted by atomic mass is 16.5. The molecule has 0 bridgehead atoms. The highest BCUT2D eigenvalue weighted by Gasteiger charge is 2.32. The third-order valence-corrected chi connectivity index (χ3v) is 2.33. The van der Waals surface area contributed by atoms with Crippen LogP contribution in [-0.2, 0) is 9.53 Å². The van der Waals surface area contributed by atoms with Gasteiger partial charge in [0.1, 0.15) is 12.6 Å². The van der Waals surface area contributed by atoms with Crippen LogP contribution in [0.1, 0.15) is 19.1 Å². The zero-order valence-electron chi connectivity index (χ0n) is 8.24. The van der Waals surface area contributed by atoms with E-state index in [2.05, 4.69) is 9.97 Å². The van der Waals surface area contributed by atoms with Gasteiger partial charge in [0.25, 0.3) is 0 Å². The number of aliphatic carboxylic acids is 1. The van der Waals surface area contributed by atoms with Crippen LogP contribution in [0.3, 0.4) is 0 Å². The van der Waals surface area contributed by atoms with Crippen molar-refractivity contribution in [3.63, 3.8) is 0 Å². The molecule has 2 rings (SSSR count). The Morgan fingerprint density at radius 1 is 1.62 bits per heavy atom. The quantitative estimate of drug-likeness (QED) is 0.662. The van der Waals surface area contributed by atoms with Crippen molar-refractivity contribution in [2.75, 3.05) is 5.73 Å². The molecule has 0 saturated carbocycles. The van der Waals surface area contributed by atoms with Gasteiger partial charge in [0.05, 0.1) is 0 Å². The summed E-state index contributed by atoms with van der Waals surface area (Å²) in [5.41, 5.74) is 4.64. The summed E-state index contributed by atoms with van der Waals surface area (Å²) in [6.45, 7) is 0. The van der Waals surface area contributed by atoms with Gasteiger partial charge >= 0.3 is 11.7 Å². The van der Waals surface area contributed by atoms with Gasteiger partial charge in [0.2, 0.25) is 5.95 Å². The van der Waals surface area contributed by atoms with Gasteiger partial charge in [-0.3, -0.25) is 4.57 Å². The van der Waals surface area contributed by atoms with E-state index >= 15 is 0 Å². The molecule has 8 heteroatoms. The van der Waals surface area contributed by atoms with Gasteiger partial charge in [-0.15, -0.1) is 0 Å². The van der Waals surface area contributed by atoms with E-state index < -0.39 is 24.0 Å². The summed E-state index contributed by atoms with van der Waals surface area (Å²) in [5.74, 6) is -1.15. The third kappa shape index (κ3) is 1.87. The molecule has 0 radical (unpaired) electrons. The molecule has 1 saturated heterocycles. The lowest BCUT2D eigenvalue weighted by atomic mass is 10.2. The Bertz CT molecular complexity index is 471. The summed E-state index contributed by atoms with van der Waals surface area (Å²) in [6, 6.07) is 0. The minimum absolute atomic E-state index is 0.117. The molecule has 0 amide bonds. The molecule has 0 spiro atoms. The van der Waals surface area contributed by atoms with Crippen LogP contribution in [0.5, 0.6) is 0 Å². The van der Waals surface area contributed by atoms with Crippen molar-refractivity contribution in [1.29, 1.82) is 0 Å². The highest BCUT2D eigenvalue weighted by Crippen LogP contribution is 2.26. The van der Waals surface area contributed by atoms with Gasteiger partial charge in [0.15, 0.2) is 6.10 Å². The molecular weight excluding hydrogens is 216 g/mol. The lowest BCUT2D eigenvalue weighted by Crippen LogP contribution is -2.29. The van der Waals surface area contributed by atoms with Crippen LogP contribution in [0.15, 0.2) is 11.1 Å². The number of nitrogen functional groups attached to an aromatic ring is 1. The minimum Gasteiger partial charge on any atom is -0.479 e. The molecule has 0 aliphatic carbocycles.